The number of aromatic hydroxyl groups is 1. The Labute approximate surface area is 872 Å². The van der Waals surface area contributed by atoms with Crippen LogP contribution in [0.25, 0.3) is 98.2 Å². The van der Waals surface area contributed by atoms with Crippen LogP contribution in [-0.2, 0) is 23.9 Å². The van der Waals surface area contributed by atoms with Crippen LogP contribution in [0.1, 0.15) is 28.2 Å². The van der Waals surface area contributed by atoms with Gasteiger partial charge < -0.3 is 68.2 Å². The standard InChI is InChI=1S/C25H21ClFN3O2S.C24H19ClFN3O2S.C16H18BrClFN3O2S.C14H12BrClFN3OS.C11H10BO3.C3H3ClO.CH4.BBr3/c1-3-21(31)29-8-10-30(11-9-29)25-19-14-20(26)22(23(27)24(19)28-33-25)18-13-16(32-2)12-15-6-4-5-7-17(15)18;1-2-20(31)28-7-9-29(10-8-28)24-18-13-19(25)21(22(26)23(18)27-32-24)17-12-15(30)11-14-5-3-4-6-16(14)17;1-16(2,3)24-15(23)22-6-4-21(5-7-22)14-9-8-10(18)11(17)12(19)13(9)20-25-14;1-2-10(21)19-3-5-20(6-4-19)14-8-7-9(16)11(15)12(17)13(8)18-22-14;1-14-9-6-8-4-2-3-5-10(8)11(7-9)15-12-13;1-2-3(4)5;;2-1(3)4/h3-7,12-14H,1,8-11H2,2H3;2-6,11-13,30H,1,7-10H2;8H,4-7H2,1-3H3;2,7H,1,3-6H2;2-7,13H,1H3;2H,1H2;1H4;. The van der Waals surface area contributed by atoms with Crippen LogP contribution in [0.3, 0.4) is 0 Å². The molecule has 4 aromatic heterocycles. The number of amides is 4. The molecule has 8 heterocycles. The first-order valence-corrected chi connectivity index (χ1v) is 50.7. The molecule has 4 aliphatic heterocycles. The third-order valence-corrected chi connectivity index (χ3v) is 28.7. The number of hydrogen-bond acceptors (Lipinski definition) is 23. The third-order valence-electron chi connectivity index (χ3n) is 21.7. The summed E-state index contributed by atoms with van der Waals surface area (Å²) in [6.07, 6.45) is 4.71. The van der Waals surface area contributed by atoms with Crippen molar-refractivity contribution in [3.8, 4) is 45.3 Å². The van der Waals surface area contributed by atoms with Crippen molar-refractivity contribution in [2.24, 2.45) is 0 Å². The highest BCUT2D eigenvalue weighted by atomic mass is 79.9. The van der Waals surface area contributed by atoms with Gasteiger partial charge in [-0.1, -0.05) is 153 Å². The lowest BCUT2D eigenvalue weighted by atomic mass is 9.96. The molecule has 0 bridgehead atoms. The lowest BCUT2D eigenvalue weighted by Crippen LogP contribution is -2.50. The van der Waals surface area contributed by atoms with Crippen molar-refractivity contribution in [2.45, 2.75) is 33.8 Å². The molecule has 2 N–H and O–H groups in total. The second-order valence-electron chi connectivity index (χ2n) is 31.0. The molecule has 23 nitrogen and oxygen atoms in total. The largest absolute Gasteiger partial charge is 0.569 e. The van der Waals surface area contributed by atoms with Crippen molar-refractivity contribution in [1.29, 1.82) is 0 Å². The first-order chi connectivity index (χ1) is 65.0. The van der Waals surface area contributed by atoms with Crippen molar-refractivity contribution < 1.29 is 70.5 Å². The predicted molar refractivity (Wildman–Crippen MR) is 574 cm³/mol. The average Bonchev–Trinajstić information content (AvgIpc) is 1.65. The fraction of sp³-hybridized carbons (Fsp3) is 0.245. The smallest absolute Gasteiger partial charge is 0.537 e. The highest BCUT2D eigenvalue weighted by Crippen LogP contribution is 2.48. The van der Waals surface area contributed by atoms with Crippen LogP contribution in [0.15, 0.2) is 193 Å². The van der Waals surface area contributed by atoms with Gasteiger partial charge in [0.1, 0.15) is 70.7 Å². The second-order valence-corrected chi connectivity index (χ2v) is 44.1. The van der Waals surface area contributed by atoms with Gasteiger partial charge in [0.15, 0.2) is 23.3 Å². The number of rotatable bonds is 14. The van der Waals surface area contributed by atoms with E-state index in [0.29, 0.717) is 200 Å². The number of phenols is 1. The fourth-order valence-corrected chi connectivity index (χ4v) is 20.4. The van der Waals surface area contributed by atoms with Crippen LogP contribution >= 0.6 is 183 Å². The van der Waals surface area contributed by atoms with E-state index in [9.17, 15) is 37.9 Å². The number of aromatic nitrogens is 4. The van der Waals surface area contributed by atoms with Crippen LogP contribution in [-0.4, -0.2) is 212 Å². The number of carbonyl (C=O) groups excluding carboxylic acids is 5. The van der Waals surface area contributed by atoms with E-state index in [4.69, 9.17) is 81.9 Å². The van der Waals surface area contributed by atoms with E-state index in [1.165, 1.54) is 70.4 Å². The number of fused-ring (bicyclic) bond motifs is 7. The van der Waals surface area contributed by atoms with Crippen LogP contribution in [0.5, 0.6) is 23.0 Å². The summed E-state index contributed by atoms with van der Waals surface area (Å²) in [5, 5.41) is 31.1. The number of hydrogen-bond donors (Lipinski definition) is 2. The number of ether oxygens (including phenoxy) is 3. The molecule has 137 heavy (non-hydrogen) atoms. The Morgan fingerprint density at radius 3 is 1.07 bits per heavy atom. The topological polar surface area (TPSA) is 240 Å². The number of piperazine rings is 4. The van der Waals surface area contributed by atoms with Gasteiger partial charge in [0.25, 0.3) is 0 Å². The molecule has 4 amide bonds. The number of allylic oxidation sites excluding steroid dienone is 1. The summed E-state index contributed by atoms with van der Waals surface area (Å²) in [6.45, 7) is 28.9. The summed E-state index contributed by atoms with van der Waals surface area (Å²) in [5.41, 5.74) is 2.40. The van der Waals surface area contributed by atoms with Gasteiger partial charge in [-0.3, -0.25) is 19.2 Å². The summed E-state index contributed by atoms with van der Waals surface area (Å²) in [5.74, 6) is -0.118. The molecule has 4 saturated heterocycles. The third kappa shape index (κ3) is 26.0. The Kier molecular flexibility index (Phi) is 39.0. The van der Waals surface area contributed by atoms with Gasteiger partial charge in [-0.2, -0.15) is 17.5 Å². The zero-order valence-corrected chi connectivity index (χ0v) is 88.1. The Balaban J connectivity index is 0.000000163. The molecule has 717 valence electrons. The maximum Gasteiger partial charge on any atom is 0.569 e. The summed E-state index contributed by atoms with van der Waals surface area (Å²) in [4.78, 5) is 72.3. The van der Waals surface area contributed by atoms with Crippen LogP contribution in [0.4, 0.5) is 42.4 Å². The molecule has 0 spiro atoms. The predicted octanol–water partition coefficient (Wildman–Crippen LogP) is 25.3. The molecule has 1 radical (unpaired) electrons. The number of anilines is 4. The number of benzene rings is 10. The average molecular weight is 2360 g/mol. The van der Waals surface area contributed by atoms with Gasteiger partial charge in [-0.05, 0) is 227 Å². The van der Waals surface area contributed by atoms with E-state index < -0.39 is 34.1 Å². The van der Waals surface area contributed by atoms with Gasteiger partial charge in [-0.15, -0.1) is 47.3 Å². The molecule has 0 atom stereocenters. The van der Waals surface area contributed by atoms with E-state index in [0.717, 1.165) is 58.4 Å². The zero-order chi connectivity index (χ0) is 98.3. The fourth-order valence-electron chi connectivity index (χ4n) is 15.2. The SMILES string of the molecule is BrB(Br)Br.C.C=CC(=O)Cl.C=CC(=O)N1CCN(c2snc3c(F)c(-c4cc(O)cc5ccccc45)c(Cl)cc23)CC1.C=CC(=O)N1CCN(c2snc3c(F)c(-c4cc(OC)cc5ccccc45)c(Cl)cc23)CC1.C=CC(=O)N1CCN(c2snc3c(F)c(Br)c(Cl)cc23)CC1.CC(C)(C)OC(=O)N1CCN(c2snc3c(F)c(Br)c(Cl)cc23)CC1.COc1cc(O[B]O)c2ccccc2c1. The van der Waals surface area contributed by atoms with Gasteiger partial charge in [-0.25, -0.2) is 22.4 Å². The molecule has 0 unspecified atom stereocenters. The minimum Gasteiger partial charge on any atom is -0.537 e. The quantitative estimate of drug-likeness (QED) is 0.0338. The molecule has 14 aromatic rings. The first kappa shape index (κ1) is 108. The van der Waals surface area contributed by atoms with Crippen LogP contribution < -0.4 is 33.7 Å². The molecule has 10 aromatic carbocycles. The van der Waals surface area contributed by atoms with Gasteiger partial charge in [0.05, 0.1) is 43.3 Å². The molecule has 18 rings (SSSR count). The monoisotopic (exact) mass is 2350 g/mol. The number of methoxy groups -OCH3 is 2. The maximum atomic E-state index is 15.9. The van der Waals surface area contributed by atoms with E-state index >= 15 is 8.78 Å². The van der Waals surface area contributed by atoms with E-state index in [2.05, 4.69) is 143 Å². The Morgan fingerprint density at radius 2 is 0.745 bits per heavy atom. The first-order valence-electron chi connectivity index (χ1n) is 41.4. The minimum absolute atomic E-state index is 0. The molecule has 43 heteroatoms. The van der Waals surface area contributed by atoms with E-state index in [1.807, 2.05) is 112 Å². The van der Waals surface area contributed by atoms with Crippen molar-refractivity contribution in [3.05, 3.63) is 236 Å². The number of nitrogens with zero attached hydrogens (tertiary/aromatic N) is 12. The molecular weight excluding hydrogens is 2280 g/mol. The minimum atomic E-state index is -0.510. The zero-order valence-electron chi connectivity index (χ0n) is 73.2. The Bertz CT molecular complexity index is 6850. The maximum absolute atomic E-state index is 15.9. The summed E-state index contributed by atoms with van der Waals surface area (Å²) < 4.78 is 99.2. The lowest BCUT2D eigenvalue weighted by molar-refractivity contribution is -0.127. The van der Waals surface area contributed by atoms with Crippen LogP contribution in [0.2, 0.25) is 20.1 Å². The van der Waals surface area contributed by atoms with E-state index in [1.54, 1.807) is 70.2 Å². The highest BCUT2D eigenvalue weighted by molar-refractivity contribution is 9.69. The number of halogens is 14. The van der Waals surface area contributed by atoms with Gasteiger partial charge in [0, 0.05) is 149 Å². The number of carbonyl (C=O) groups is 5. The van der Waals surface area contributed by atoms with Crippen molar-refractivity contribution in [1.82, 2.24) is 37.1 Å². The molecule has 4 fully saturated rings. The van der Waals surface area contributed by atoms with E-state index in [-0.39, 0.29) is 65.2 Å². The summed E-state index contributed by atoms with van der Waals surface area (Å²) in [7, 11) is 3.85. The molecule has 0 aliphatic carbocycles. The molecule has 4 aliphatic rings. The van der Waals surface area contributed by atoms with Crippen LogP contribution in [0, 0.1) is 23.3 Å². The highest BCUT2D eigenvalue weighted by Gasteiger charge is 2.33. The Morgan fingerprint density at radius 1 is 0.445 bits per heavy atom. The van der Waals surface area contributed by atoms with Crippen molar-refractivity contribution in [3.63, 3.8) is 0 Å². The molecular formula is C94H87B2Br5Cl5F4N12O11S4. The van der Waals surface area contributed by atoms with Crippen molar-refractivity contribution >= 4 is 319 Å². The summed E-state index contributed by atoms with van der Waals surface area (Å²) in [6, 6.07) is 40.5. The Hall–Kier alpha value is -9.09. The summed E-state index contributed by atoms with van der Waals surface area (Å²) >= 11 is 50.7. The second kappa shape index (κ2) is 49.4. The lowest BCUT2D eigenvalue weighted by Gasteiger charge is -2.36. The van der Waals surface area contributed by atoms with Gasteiger partial charge >= 0.3 is 17.0 Å². The number of phenolic OH excluding ortho intramolecular Hbond substituents is 1. The van der Waals surface area contributed by atoms with Gasteiger partial charge in [0.2, 0.25) is 23.0 Å². The normalized spacial score (nSPS) is 13.6. The molecule has 0 saturated carbocycles. The van der Waals surface area contributed by atoms with Crippen molar-refractivity contribution in [2.75, 3.05) is 139 Å².